The average molecular weight is 392 g/mol. The Balaban J connectivity index is 1.55. The zero-order chi connectivity index (χ0) is 19.5. The largest absolute Gasteiger partial charge is 0.483 e. The monoisotopic (exact) mass is 391 g/mol. The van der Waals surface area contributed by atoms with Crippen LogP contribution in [-0.2, 0) is 6.61 Å². The molecule has 0 saturated carbocycles. The second-order valence-electron chi connectivity index (χ2n) is 5.89. The van der Waals surface area contributed by atoms with Gasteiger partial charge < -0.3 is 15.8 Å². The van der Waals surface area contributed by atoms with Crippen molar-refractivity contribution in [2.75, 3.05) is 11.1 Å². The van der Waals surface area contributed by atoms with Gasteiger partial charge in [0.05, 0.1) is 17.3 Å². The van der Waals surface area contributed by atoms with Gasteiger partial charge in [-0.1, -0.05) is 17.7 Å². The van der Waals surface area contributed by atoms with Crippen LogP contribution in [-0.4, -0.2) is 19.8 Å². The number of fused-ring (bicyclic) bond motifs is 1. The quantitative estimate of drug-likeness (QED) is 0.500. The second kappa shape index (κ2) is 7.42. The van der Waals surface area contributed by atoms with Gasteiger partial charge in [0.25, 0.3) is 0 Å². The molecule has 0 aliphatic carbocycles. The molecule has 2 heterocycles. The lowest BCUT2D eigenvalue weighted by molar-refractivity contribution is 0.294. The number of nitrogen functional groups attached to an aromatic ring is 1. The third kappa shape index (κ3) is 3.65. The van der Waals surface area contributed by atoms with E-state index >= 15 is 0 Å². The average Bonchev–Trinajstić information content (AvgIpc) is 3.09. The van der Waals surface area contributed by atoms with E-state index in [2.05, 4.69) is 20.6 Å². The standard InChI is InChI=1S/C19H14ClN7O/c20-13-2-1-3-14(9-13)23-17-6-7-18-24-25-19(27(18)26-17)11-28-16-5-4-12(10-21)8-15(16)22/h1-9H,11,22H2,(H,23,26). The fourth-order valence-corrected chi connectivity index (χ4v) is 2.79. The SMILES string of the molecule is N#Cc1ccc(OCc2nnc3ccc(Nc4cccc(Cl)c4)nn23)c(N)c1. The lowest BCUT2D eigenvalue weighted by Gasteiger charge is -2.09. The third-order valence-corrected chi connectivity index (χ3v) is 4.16. The highest BCUT2D eigenvalue weighted by Gasteiger charge is 2.10. The number of rotatable bonds is 5. The van der Waals surface area contributed by atoms with E-state index in [1.165, 1.54) is 0 Å². The summed E-state index contributed by atoms with van der Waals surface area (Å²) < 4.78 is 7.32. The van der Waals surface area contributed by atoms with Crippen LogP contribution in [0.25, 0.3) is 5.65 Å². The summed E-state index contributed by atoms with van der Waals surface area (Å²) in [4.78, 5) is 0. The highest BCUT2D eigenvalue weighted by atomic mass is 35.5. The third-order valence-electron chi connectivity index (χ3n) is 3.92. The van der Waals surface area contributed by atoms with Gasteiger partial charge in [-0.15, -0.1) is 15.3 Å². The van der Waals surface area contributed by atoms with Crippen LogP contribution < -0.4 is 15.8 Å². The molecule has 0 saturated heterocycles. The summed E-state index contributed by atoms with van der Waals surface area (Å²) in [5.74, 6) is 1.58. The number of anilines is 3. The molecule has 0 spiro atoms. The van der Waals surface area contributed by atoms with Crippen LogP contribution in [0.2, 0.25) is 5.02 Å². The number of ether oxygens (including phenoxy) is 1. The smallest absolute Gasteiger partial charge is 0.192 e. The Labute approximate surface area is 165 Å². The maximum absolute atomic E-state index is 8.91. The summed E-state index contributed by atoms with van der Waals surface area (Å²) in [6.07, 6.45) is 0. The van der Waals surface area contributed by atoms with E-state index in [4.69, 9.17) is 27.3 Å². The molecule has 0 aliphatic rings. The van der Waals surface area contributed by atoms with E-state index in [1.54, 1.807) is 47.0 Å². The zero-order valence-corrected chi connectivity index (χ0v) is 15.3. The van der Waals surface area contributed by atoms with Crippen molar-refractivity contribution in [3.8, 4) is 11.8 Å². The Morgan fingerprint density at radius 3 is 2.82 bits per heavy atom. The fourth-order valence-electron chi connectivity index (χ4n) is 2.60. The number of halogens is 1. The molecule has 9 heteroatoms. The van der Waals surface area contributed by atoms with Gasteiger partial charge in [0.15, 0.2) is 17.3 Å². The minimum absolute atomic E-state index is 0.116. The van der Waals surface area contributed by atoms with Crippen LogP contribution in [0.3, 0.4) is 0 Å². The van der Waals surface area contributed by atoms with Gasteiger partial charge in [-0.05, 0) is 48.5 Å². The molecular weight excluding hydrogens is 378 g/mol. The van der Waals surface area contributed by atoms with Gasteiger partial charge in [0, 0.05) is 10.7 Å². The van der Waals surface area contributed by atoms with Gasteiger partial charge in [-0.3, -0.25) is 0 Å². The predicted molar refractivity (Wildman–Crippen MR) is 105 cm³/mol. The molecule has 138 valence electrons. The zero-order valence-electron chi connectivity index (χ0n) is 14.5. The summed E-state index contributed by atoms with van der Waals surface area (Å²) >= 11 is 6.02. The number of hydrogen-bond donors (Lipinski definition) is 2. The number of hydrogen-bond acceptors (Lipinski definition) is 7. The van der Waals surface area contributed by atoms with Gasteiger partial charge >= 0.3 is 0 Å². The van der Waals surface area contributed by atoms with Crippen molar-refractivity contribution in [2.24, 2.45) is 0 Å². The molecule has 4 rings (SSSR count). The Kier molecular flexibility index (Phi) is 4.66. The van der Waals surface area contributed by atoms with Crippen molar-refractivity contribution in [3.05, 3.63) is 71.0 Å². The molecule has 8 nitrogen and oxygen atoms in total. The van der Waals surface area contributed by atoms with Crippen LogP contribution in [0.5, 0.6) is 5.75 Å². The molecule has 0 fully saturated rings. The first-order chi connectivity index (χ1) is 13.6. The molecule has 0 aliphatic heterocycles. The molecule has 4 aromatic rings. The second-order valence-corrected chi connectivity index (χ2v) is 6.33. The van der Waals surface area contributed by atoms with Gasteiger partial charge in [0.1, 0.15) is 12.4 Å². The van der Waals surface area contributed by atoms with E-state index in [0.29, 0.717) is 39.3 Å². The summed E-state index contributed by atoms with van der Waals surface area (Å²) in [6, 6.07) is 17.8. The number of benzene rings is 2. The summed E-state index contributed by atoms with van der Waals surface area (Å²) in [7, 11) is 0. The Morgan fingerprint density at radius 1 is 1.14 bits per heavy atom. The van der Waals surface area contributed by atoms with Gasteiger partial charge in [-0.2, -0.15) is 9.78 Å². The molecule has 3 N–H and O–H groups in total. The maximum atomic E-state index is 8.91. The minimum Gasteiger partial charge on any atom is -0.483 e. The Hall–Kier alpha value is -3.83. The fraction of sp³-hybridized carbons (Fsp3) is 0.0526. The number of nitrogens with two attached hydrogens (primary N) is 1. The highest BCUT2D eigenvalue weighted by Crippen LogP contribution is 2.23. The predicted octanol–water partition coefficient (Wildman–Crippen LogP) is 3.55. The lowest BCUT2D eigenvalue weighted by Crippen LogP contribution is -2.06. The van der Waals surface area contributed by atoms with Crippen LogP contribution in [0.1, 0.15) is 11.4 Å². The van der Waals surface area contributed by atoms with Crippen LogP contribution in [0.4, 0.5) is 17.2 Å². The lowest BCUT2D eigenvalue weighted by atomic mass is 10.2. The topological polar surface area (TPSA) is 114 Å². The Bertz CT molecular complexity index is 1200. The minimum atomic E-state index is 0.116. The van der Waals surface area contributed by atoms with Crippen molar-refractivity contribution < 1.29 is 4.74 Å². The van der Waals surface area contributed by atoms with Crippen LogP contribution in [0.15, 0.2) is 54.6 Å². The van der Waals surface area contributed by atoms with Crippen LogP contribution >= 0.6 is 11.6 Å². The molecule has 28 heavy (non-hydrogen) atoms. The molecule has 2 aromatic heterocycles. The normalized spacial score (nSPS) is 10.6. The number of nitriles is 1. The summed E-state index contributed by atoms with van der Waals surface area (Å²) in [6.45, 7) is 0.116. The molecule has 2 aromatic carbocycles. The molecule has 0 atom stereocenters. The van der Waals surface area contributed by atoms with Crippen molar-refractivity contribution >= 4 is 34.4 Å². The first-order valence-corrected chi connectivity index (χ1v) is 8.66. The molecular formula is C19H14ClN7O. The van der Waals surface area contributed by atoms with E-state index in [1.807, 2.05) is 18.2 Å². The van der Waals surface area contributed by atoms with Gasteiger partial charge in [0.2, 0.25) is 0 Å². The number of aromatic nitrogens is 4. The molecule has 0 bridgehead atoms. The first kappa shape index (κ1) is 17.6. The van der Waals surface area contributed by atoms with Crippen LogP contribution in [0, 0.1) is 11.3 Å². The summed E-state index contributed by atoms with van der Waals surface area (Å²) in [5, 5.41) is 25.4. The van der Waals surface area contributed by atoms with E-state index in [0.717, 1.165) is 5.69 Å². The summed E-state index contributed by atoms with van der Waals surface area (Å²) in [5.41, 5.74) is 8.16. The van der Waals surface area contributed by atoms with Crippen molar-refractivity contribution in [3.63, 3.8) is 0 Å². The molecule has 0 unspecified atom stereocenters. The Morgan fingerprint density at radius 2 is 2.04 bits per heavy atom. The number of nitrogens with one attached hydrogen (secondary N) is 1. The van der Waals surface area contributed by atoms with E-state index in [-0.39, 0.29) is 6.61 Å². The van der Waals surface area contributed by atoms with E-state index < -0.39 is 0 Å². The van der Waals surface area contributed by atoms with E-state index in [9.17, 15) is 0 Å². The van der Waals surface area contributed by atoms with Crippen molar-refractivity contribution in [2.45, 2.75) is 6.61 Å². The maximum Gasteiger partial charge on any atom is 0.192 e. The number of nitrogens with zero attached hydrogens (tertiary/aromatic N) is 5. The first-order valence-electron chi connectivity index (χ1n) is 8.29. The van der Waals surface area contributed by atoms with Crippen molar-refractivity contribution in [1.82, 2.24) is 19.8 Å². The van der Waals surface area contributed by atoms with Crippen molar-refractivity contribution in [1.29, 1.82) is 5.26 Å². The molecule has 0 amide bonds. The van der Waals surface area contributed by atoms with Gasteiger partial charge in [-0.25, -0.2) is 0 Å². The molecule has 0 radical (unpaired) electrons. The highest BCUT2D eigenvalue weighted by molar-refractivity contribution is 6.30.